The van der Waals surface area contributed by atoms with Crippen LogP contribution in [0.2, 0.25) is 0 Å². The summed E-state index contributed by atoms with van der Waals surface area (Å²) < 4.78 is 10.6. The lowest BCUT2D eigenvalue weighted by atomic mass is 10.2. The molecule has 0 spiro atoms. The Hall–Kier alpha value is -1.03. The molecule has 0 atom stereocenters. The highest BCUT2D eigenvalue weighted by molar-refractivity contribution is 9.08. The monoisotopic (exact) mass is 255 g/mol. The summed E-state index contributed by atoms with van der Waals surface area (Å²) in [6.07, 6.45) is 0. The van der Waals surface area contributed by atoms with E-state index in [1.165, 1.54) is 0 Å². The van der Waals surface area contributed by atoms with E-state index in [2.05, 4.69) is 21.1 Å². The van der Waals surface area contributed by atoms with Crippen molar-refractivity contribution in [1.29, 1.82) is 0 Å². The molecule has 14 heavy (non-hydrogen) atoms. The van der Waals surface area contributed by atoms with Gasteiger partial charge >= 0.3 is 0 Å². The Bertz CT molecular complexity index is 445. The van der Waals surface area contributed by atoms with Crippen LogP contribution < -0.4 is 0 Å². The first-order valence-corrected chi connectivity index (χ1v) is 5.42. The summed E-state index contributed by atoms with van der Waals surface area (Å²) in [5.74, 6) is 2.50. The van der Waals surface area contributed by atoms with Crippen molar-refractivity contribution in [3.05, 3.63) is 29.3 Å². The maximum atomic E-state index is 5.41. The number of halogens is 1. The molecular formula is C10H10BrNO2. The maximum Gasteiger partial charge on any atom is 0.170 e. The molecule has 0 aliphatic heterocycles. The molecule has 0 saturated heterocycles. The summed E-state index contributed by atoms with van der Waals surface area (Å²) in [5.41, 5.74) is 1.86. The minimum Gasteiger partial charge on any atom is -0.466 e. The maximum absolute atomic E-state index is 5.41. The minimum atomic E-state index is 0.701. The lowest BCUT2D eigenvalue weighted by molar-refractivity contribution is 0.425. The number of hydrogen-bond acceptors (Lipinski definition) is 3. The molecule has 0 bridgehead atoms. The molecule has 0 aliphatic carbocycles. The molecule has 0 aromatic carbocycles. The van der Waals surface area contributed by atoms with E-state index in [4.69, 9.17) is 8.94 Å². The average Bonchev–Trinajstić information content (AvgIpc) is 2.71. The number of alkyl halides is 1. The summed E-state index contributed by atoms with van der Waals surface area (Å²) >= 11 is 3.32. The molecule has 0 saturated carbocycles. The summed E-state index contributed by atoms with van der Waals surface area (Å²) in [7, 11) is 0. The predicted molar refractivity (Wildman–Crippen MR) is 56.3 cm³/mol. The number of aromatic nitrogens is 1. The topological polar surface area (TPSA) is 39.2 Å². The first kappa shape index (κ1) is 9.52. The lowest BCUT2D eigenvalue weighted by Crippen LogP contribution is -1.72. The van der Waals surface area contributed by atoms with Crippen LogP contribution in [0.3, 0.4) is 0 Å². The van der Waals surface area contributed by atoms with E-state index >= 15 is 0 Å². The van der Waals surface area contributed by atoms with Gasteiger partial charge in [-0.15, -0.1) is 0 Å². The van der Waals surface area contributed by atoms with Crippen LogP contribution in [0, 0.1) is 13.8 Å². The van der Waals surface area contributed by atoms with E-state index in [0.29, 0.717) is 5.33 Å². The smallest absolute Gasteiger partial charge is 0.170 e. The highest BCUT2D eigenvalue weighted by Crippen LogP contribution is 2.27. The number of aryl methyl sites for hydroxylation is 2. The Labute approximate surface area is 90.2 Å². The first-order valence-electron chi connectivity index (χ1n) is 4.29. The number of rotatable bonds is 2. The van der Waals surface area contributed by atoms with Gasteiger partial charge in [-0.2, -0.15) is 0 Å². The Morgan fingerprint density at radius 2 is 2.14 bits per heavy atom. The van der Waals surface area contributed by atoms with Crippen LogP contribution >= 0.6 is 15.9 Å². The molecule has 0 N–H and O–H groups in total. The van der Waals surface area contributed by atoms with E-state index in [-0.39, 0.29) is 0 Å². The third kappa shape index (κ3) is 1.62. The van der Waals surface area contributed by atoms with E-state index in [9.17, 15) is 0 Å². The third-order valence-electron chi connectivity index (χ3n) is 2.00. The fourth-order valence-electron chi connectivity index (χ4n) is 1.38. The van der Waals surface area contributed by atoms with Crippen LogP contribution in [0.25, 0.3) is 11.3 Å². The van der Waals surface area contributed by atoms with E-state index in [1.807, 2.05) is 26.0 Å². The van der Waals surface area contributed by atoms with Gasteiger partial charge in [0.1, 0.15) is 11.5 Å². The minimum absolute atomic E-state index is 0.701. The molecule has 2 aromatic rings. The van der Waals surface area contributed by atoms with Crippen molar-refractivity contribution in [1.82, 2.24) is 5.16 Å². The Balaban J connectivity index is 2.43. The Morgan fingerprint density at radius 3 is 2.64 bits per heavy atom. The second-order valence-electron chi connectivity index (χ2n) is 3.14. The van der Waals surface area contributed by atoms with Crippen molar-refractivity contribution in [2.45, 2.75) is 19.2 Å². The third-order valence-corrected chi connectivity index (χ3v) is 2.58. The largest absolute Gasteiger partial charge is 0.466 e. The van der Waals surface area contributed by atoms with Gasteiger partial charge in [-0.3, -0.25) is 0 Å². The SMILES string of the molecule is Cc1cc(-c2cc(CBr)no2)c(C)o1. The number of hydrogen-bond donors (Lipinski definition) is 0. The van der Waals surface area contributed by atoms with Crippen molar-refractivity contribution in [3.8, 4) is 11.3 Å². The van der Waals surface area contributed by atoms with Gasteiger partial charge in [0, 0.05) is 11.4 Å². The molecule has 4 heteroatoms. The molecular weight excluding hydrogens is 246 g/mol. The molecule has 0 fully saturated rings. The fourth-order valence-corrected chi connectivity index (χ4v) is 1.64. The Morgan fingerprint density at radius 1 is 1.36 bits per heavy atom. The van der Waals surface area contributed by atoms with Crippen molar-refractivity contribution < 1.29 is 8.94 Å². The molecule has 74 valence electrons. The van der Waals surface area contributed by atoms with Crippen molar-refractivity contribution >= 4 is 15.9 Å². The van der Waals surface area contributed by atoms with Crippen molar-refractivity contribution in [2.24, 2.45) is 0 Å². The van der Waals surface area contributed by atoms with Crippen LogP contribution in [0.1, 0.15) is 17.2 Å². The fraction of sp³-hybridized carbons (Fsp3) is 0.300. The van der Waals surface area contributed by atoms with Gasteiger partial charge in [0.15, 0.2) is 5.76 Å². The van der Waals surface area contributed by atoms with Gasteiger partial charge in [0.25, 0.3) is 0 Å². The molecule has 2 rings (SSSR count). The molecule has 2 aromatic heterocycles. The van der Waals surface area contributed by atoms with Crippen LogP contribution in [0.15, 0.2) is 21.1 Å². The van der Waals surface area contributed by atoms with E-state index in [1.54, 1.807) is 0 Å². The zero-order valence-electron chi connectivity index (χ0n) is 8.00. The second-order valence-corrected chi connectivity index (χ2v) is 3.70. The van der Waals surface area contributed by atoms with Crippen LogP contribution in [0.4, 0.5) is 0 Å². The molecule has 2 heterocycles. The normalized spacial score (nSPS) is 10.8. The molecule has 0 amide bonds. The predicted octanol–water partition coefficient (Wildman–Crippen LogP) is 3.45. The summed E-state index contributed by atoms with van der Waals surface area (Å²) in [6, 6.07) is 3.86. The molecule has 0 radical (unpaired) electrons. The van der Waals surface area contributed by atoms with Gasteiger partial charge in [0.05, 0.1) is 11.3 Å². The zero-order valence-corrected chi connectivity index (χ0v) is 9.59. The number of furan rings is 1. The van der Waals surface area contributed by atoms with Gasteiger partial charge in [-0.05, 0) is 19.9 Å². The average molecular weight is 256 g/mol. The summed E-state index contributed by atoms with van der Waals surface area (Å²) in [6.45, 7) is 3.83. The molecule has 0 unspecified atom stereocenters. The zero-order chi connectivity index (χ0) is 10.1. The van der Waals surface area contributed by atoms with Crippen LogP contribution in [-0.2, 0) is 5.33 Å². The van der Waals surface area contributed by atoms with Gasteiger partial charge in [-0.25, -0.2) is 0 Å². The van der Waals surface area contributed by atoms with E-state index in [0.717, 1.165) is 28.5 Å². The summed E-state index contributed by atoms with van der Waals surface area (Å²) in [5, 5.41) is 4.60. The summed E-state index contributed by atoms with van der Waals surface area (Å²) in [4.78, 5) is 0. The van der Waals surface area contributed by atoms with Gasteiger partial charge in [0.2, 0.25) is 0 Å². The first-order chi connectivity index (χ1) is 6.70. The quantitative estimate of drug-likeness (QED) is 0.772. The van der Waals surface area contributed by atoms with Crippen LogP contribution in [-0.4, -0.2) is 5.16 Å². The highest BCUT2D eigenvalue weighted by atomic mass is 79.9. The standard InChI is InChI=1S/C10H10BrNO2/c1-6-3-9(7(2)13-6)10-4-8(5-11)12-14-10/h3-4H,5H2,1-2H3. The van der Waals surface area contributed by atoms with Crippen LogP contribution in [0.5, 0.6) is 0 Å². The lowest BCUT2D eigenvalue weighted by Gasteiger charge is -1.88. The van der Waals surface area contributed by atoms with Gasteiger partial charge < -0.3 is 8.94 Å². The van der Waals surface area contributed by atoms with Gasteiger partial charge in [-0.1, -0.05) is 21.1 Å². The van der Waals surface area contributed by atoms with Crippen molar-refractivity contribution in [3.63, 3.8) is 0 Å². The second kappa shape index (κ2) is 3.61. The van der Waals surface area contributed by atoms with E-state index < -0.39 is 0 Å². The Kier molecular flexibility index (Phi) is 2.46. The molecule has 3 nitrogen and oxygen atoms in total. The highest BCUT2D eigenvalue weighted by Gasteiger charge is 2.12. The molecule has 0 aliphatic rings. The number of nitrogens with zero attached hydrogens (tertiary/aromatic N) is 1. The van der Waals surface area contributed by atoms with Crippen molar-refractivity contribution in [2.75, 3.05) is 0 Å².